The number of sulfonamides is 1. The van der Waals surface area contributed by atoms with E-state index in [0.29, 0.717) is 22.5 Å². The molecular formula is C13H19BrN2O3S. The number of hydrogen-bond acceptors (Lipinski definition) is 3. The van der Waals surface area contributed by atoms with E-state index in [1.165, 1.54) is 18.2 Å². The molecule has 2 N–H and O–H groups in total. The molecule has 0 aliphatic carbocycles. The summed E-state index contributed by atoms with van der Waals surface area (Å²) < 4.78 is 23.2. The highest BCUT2D eigenvalue weighted by atomic mass is 79.9. The molecule has 20 heavy (non-hydrogen) atoms. The number of carbonyl (C=O) groups excluding carboxylic acids is 1. The summed E-state index contributed by atoms with van der Waals surface area (Å²) in [7, 11) is -2.12. The Balaban J connectivity index is 3.03. The summed E-state index contributed by atoms with van der Waals surface area (Å²) in [6.07, 6.45) is 0.884. The van der Waals surface area contributed by atoms with Crippen molar-refractivity contribution in [1.82, 2.24) is 4.90 Å². The molecule has 112 valence electrons. The maximum Gasteiger partial charge on any atom is 0.254 e. The normalized spacial score (nSPS) is 11.7. The van der Waals surface area contributed by atoms with Crippen molar-refractivity contribution in [2.24, 2.45) is 11.1 Å². The van der Waals surface area contributed by atoms with Gasteiger partial charge < -0.3 is 4.90 Å². The van der Waals surface area contributed by atoms with E-state index in [0.717, 1.165) is 6.42 Å². The van der Waals surface area contributed by atoms with Gasteiger partial charge in [0, 0.05) is 18.1 Å². The average molecular weight is 363 g/mol. The van der Waals surface area contributed by atoms with Crippen LogP contribution in [-0.4, -0.2) is 32.8 Å². The molecule has 0 saturated heterocycles. The third-order valence-electron chi connectivity index (χ3n) is 2.89. The van der Waals surface area contributed by atoms with E-state index in [-0.39, 0.29) is 10.8 Å². The first-order chi connectivity index (χ1) is 9.12. The van der Waals surface area contributed by atoms with E-state index in [2.05, 4.69) is 29.8 Å². The molecule has 1 amide bonds. The van der Waals surface area contributed by atoms with Gasteiger partial charge in [-0.3, -0.25) is 4.79 Å². The molecule has 5 nitrogen and oxygen atoms in total. The Labute approximate surface area is 128 Å². The van der Waals surface area contributed by atoms with Gasteiger partial charge in [-0.05, 0) is 46.5 Å². The second-order valence-corrected chi connectivity index (χ2v) is 7.51. The van der Waals surface area contributed by atoms with Crippen molar-refractivity contribution in [1.29, 1.82) is 0 Å². The van der Waals surface area contributed by atoms with Crippen LogP contribution < -0.4 is 5.14 Å². The van der Waals surface area contributed by atoms with Crippen molar-refractivity contribution >= 4 is 31.9 Å². The van der Waals surface area contributed by atoms with E-state index < -0.39 is 10.0 Å². The zero-order chi connectivity index (χ0) is 15.5. The fourth-order valence-corrected chi connectivity index (χ4v) is 2.56. The molecule has 1 aromatic carbocycles. The molecule has 0 atom stereocenters. The molecule has 0 aliphatic rings. The molecular weight excluding hydrogens is 344 g/mol. The Bertz CT molecular complexity index is 600. The third-order valence-corrected chi connectivity index (χ3v) is 4.49. The summed E-state index contributed by atoms with van der Waals surface area (Å²) in [5.41, 5.74) is 0.294. The Kier molecular flexibility index (Phi) is 5.73. The van der Waals surface area contributed by atoms with Crippen LogP contribution in [0.15, 0.2) is 27.6 Å². The first-order valence-corrected chi connectivity index (χ1v) is 8.54. The lowest BCUT2D eigenvalue weighted by atomic mass is 10.1. The molecule has 0 radical (unpaired) electrons. The standard InChI is InChI=1S/C13H19BrN2O3S/c1-9(2)6-7-16(3)13(17)11-8-10(20(15,18)19)4-5-12(11)14/h4-5,8-9H,6-7H2,1-3H3,(H2,15,18,19). The van der Waals surface area contributed by atoms with Crippen LogP contribution in [-0.2, 0) is 10.0 Å². The van der Waals surface area contributed by atoms with E-state index in [9.17, 15) is 13.2 Å². The molecule has 1 rings (SSSR count). The number of primary sulfonamides is 1. The van der Waals surface area contributed by atoms with Crippen LogP contribution in [0.3, 0.4) is 0 Å². The monoisotopic (exact) mass is 362 g/mol. The molecule has 0 fully saturated rings. The largest absolute Gasteiger partial charge is 0.342 e. The zero-order valence-electron chi connectivity index (χ0n) is 11.8. The fourth-order valence-electron chi connectivity index (χ4n) is 1.60. The van der Waals surface area contributed by atoms with Gasteiger partial charge in [0.25, 0.3) is 5.91 Å². The number of hydrogen-bond donors (Lipinski definition) is 1. The molecule has 1 aromatic rings. The molecule has 0 heterocycles. The zero-order valence-corrected chi connectivity index (χ0v) is 14.2. The van der Waals surface area contributed by atoms with Crippen molar-refractivity contribution in [2.75, 3.05) is 13.6 Å². The Morgan fingerprint density at radius 2 is 2.00 bits per heavy atom. The maximum absolute atomic E-state index is 12.3. The summed E-state index contributed by atoms with van der Waals surface area (Å²) in [5, 5.41) is 5.08. The van der Waals surface area contributed by atoms with Crippen LogP contribution >= 0.6 is 15.9 Å². The van der Waals surface area contributed by atoms with Crippen molar-refractivity contribution in [3.63, 3.8) is 0 Å². The third kappa shape index (κ3) is 4.57. The number of halogens is 1. The van der Waals surface area contributed by atoms with Crippen molar-refractivity contribution in [3.8, 4) is 0 Å². The predicted octanol–water partition coefficient (Wildman–Crippen LogP) is 2.21. The van der Waals surface area contributed by atoms with E-state index in [4.69, 9.17) is 5.14 Å². The van der Waals surface area contributed by atoms with E-state index in [1.54, 1.807) is 11.9 Å². The Morgan fingerprint density at radius 1 is 1.40 bits per heavy atom. The number of rotatable bonds is 5. The smallest absolute Gasteiger partial charge is 0.254 e. The van der Waals surface area contributed by atoms with Crippen LogP contribution in [0.4, 0.5) is 0 Å². The second kappa shape index (κ2) is 6.69. The molecule has 0 aromatic heterocycles. The average Bonchev–Trinajstić information content (AvgIpc) is 2.34. The van der Waals surface area contributed by atoms with Crippen molar-refractivity contribution in [2.45, 2.75) is 25.2 Å². The van der Waals surface area contributed by atoms with Crippen molar-refractivity contribution in [3.05, 3.63) is 28.2 Å². The first kappa shape index (κ1) is 17.1. The van der Waals surface area contributed by atoms with Gasteiger partial charge in [-0.2, -0.15) is 0 Å². The molecule has 0 unspecified atom stereocenters. The molecule has 7 heteroatoms. The summed E-state index contributed by atoms with van der Waals surface area (Å²) in [6.45, 7) is 4.77. The van der Waals surface area contributed by atoms with Crippen LogP contribution in [0.25, 0.3) is 0 Å². The van der Waals surface area contributed by atoms with Gasteiger partial charge in [-0.25, -0.2) is 13.6 Å². The minimum atomic E-state index is -3.82. The first-order valence-electron chi connectivity index (χ1n) is 6.20. The van der Waals surface area contributed by atoms with Crippen LogP contribution in [0, 0.1) is 5.92 Å². The summed E-state index contributed by atoms with van der Waals surface area (Å²) in [4.78, 5) is 13.8. The lowest BCUT2D eigenvalue weighted by Crippen LogP contribution is -2.29. The molecule has 0 spiro atoms. The van der Waals surface area contributed by atoms with Gasteiger partial charge in [-0.15, -0.1) is 0 Å². The van der Waals surface area contributed by atoms with Gasteiger partial charge in [0.1, 0.15) is 0 Å². The SMILES string of the molecule is CC(C)CCN(C)C(=O)c1cc(S(N)(=O)=O)ccc1Br. The van der Waals surface area contributed by atoms with Crippen LogP contribution in [0.1, 0.15) is 30.6 Å². The highest BCUT2D eigenvalue weighted by Gasteiger charge is 2.18. The quantitative estimate of drug-likeness (QED) is 0.871. The minimum absolute atomic E-state index is 0.0682. The summed E-state index contributed by atoms with van der Waals surface area (Å²) in [6, 6.07) is 4.18. The predicted molar refractivity (Wildman–Crippen MR) is 81.9 cm³/mol. The number of amides is 1. The number of benzene rings is 1. The van der Waals surface area contributed by atoms with Crippen LogP contribution in [0.2, 0.25) is 0 Å². The van der Waals surface area contributed by atoms with E-state index >= 15 is 0 Å². The lowest BCUT2D eigenvalue weighted by Gasteiger charge is -2.19. The summed E-state index contributed by atoms with van der Waals surface area (Å²) in [5.74, 6) is 0.257. The molecule has 0 saturated carbocycles. The lowest BCUT2D eigenvalue weighted by molar-refractivity contribution is 0.0788. The van der Waals surface area contributed by atoms with Gasteiger partial charge in [-0.1, -0.05) is 13.8 Å². The number of carbonyl (C=O) groups is 1. The van der Waals surface area contributed by atoms with E-state index in [1.807, 2.05) is 0 Å². The van der Waals surface area contributed by atoms with Gasteiger partial charge in [0.2, 0.25) is 10.0 Å². The second-order valence-electron chi connectivity index (χ2n) is 5.10. The molecule has 0 bridgehead atoms. The van der Waals surface area contributed by atoms with Crippen LogP contribution in [0.5, 0.6) is 0 Å². The van der Waals surface area contributed by atoms with Gasteiger partial charge >= 0.3 is 0 Å². The number of nitrogens with zero attached hydrogens (tertiary/aromatic N) is 1. The fraction of sp³-hybridized carbons (Fsp3) is 0.462. The molecule has 0 aliphatic heterocycles. The minimum Gasteiger partial charge on any atom is -0.342 e. The highest BCUT2D eigenvalue weighted by Crippen LogP contribution is 2.22. The van der Waals surface area contributed by atoms with Gasteiger partial charge in [0.15, 0.2) is 0 Å². The Morgan fingerprint density at radius 3 is 2.50 bits per heavy atom. The maximum atomic E-state index is 12.3. The topological polar surface area (TPSA) is 80.5 Å². The number of nitrogens with two attached hydrogens (primary N) is 1. The summed E-state index contributed by atoms with van der Waals surface area (Å²) >= 11 is 3.26. The highest BCUT2D eigenvalue weighted by molar-refractivity contribution is 9.10. The Hall–Kier alpha value is -0.920. The van der Waals surface area contributed by atoms with Gasteiger partial charge in [0.05, 0.1) is 10.5 Å². The van der Waals surface area contributed by atoms with Crippen molar-refractivity contribution < 1.29 is 13.2 Å².